The Hall–Kier alpha value is -2.29. The van der Waals surface area contributed by atoms with Crippen molar-refractivity contribution in [3.8, 4) is 11.5 Å². The molecule has 9 heteroatoms. The van der Waals surface area contributed by atoms with Gasteiger partial charge in [-0.15, -0.1) is 0 Å². The fourth-order valence-corrected chi connectivity index (χ4v) is 4.74. The Morgan fingerprint density at radius 1 is 1.07 bits per heavy atom. The van der Waals surface area contributed by atoms with E-state index in [0.29, 0.717) is 24.7 Å². The van der Waals surface area contributed by atoms with Gasteiger partial charge in [-0.05, 0) is 56.7 Å². The second-order valence-corrected chi connectivity index (χ2v) is 9.72. The standard InChI is InChI=1S/C20H23ClN2O5S/c1-20(2,3)23-29(25,26)18-11-14(5-6-15(18)21)19(24)22-12-13-4-7-16-17(10-13)28-9-8-27-16/h4-7,10-11,23H,8-9,12H2,1-3H3,(H,22,24). The number of halogens is 1. The van der Waals surface area contributed by atoms with Crippen molar-refractivity contribution in [2.75, 3.05) is 13.2 Å². The molecular weight excluding hydrogens is 416 g/mol. The van der Waals surface area contributed by atoms with Gasteiger partial charge in [0.05, 0.1) is 5.02 Å². The van der Waals surface area contributed by atoms with Crippen molar-refractivity contribution >= 4 is 27.5 Å². The molecule has 0 radical (unpaired) electrons. The third-order valence-electron chi connectivity index (χ3n) is 3.98. The number of amides is 1. The van der Waals surface area contributed by atoms with E-state index in [1.54, 1.807) is 32.9 Å². The van der Waals surface area contributed by atoms with E-state index in [4.69, 9.17) is 21.1 Å². The first-order valence-electron chi connectivity index (χ1n) is 9.05. The summed E-state index contributed by atoms with van der Waals surface area (Å²) in [5, 5.41) is 2.82. The second kappa shape index (κ2) is 8.22. The third kappa shape index (κ3) is 5.41. The van der Waals surface area contributed by atoms with Gasteiger partial charge in [-0.1, -0.05) is 17.7 Å². The molecular formula is C20H23ClN2O5S. The van der Waals surface area contributed by atoms with Crippen LogP contribution >= 0.6 is 11.6 Å². The predicted octanol–water partition coefficient (Wildman–Crippen LogP) is 3.12. The molecule has 2 N–H and O–H groups in total. The predicted molar refractivity (Wildman–Crippen MR) is 110 cm³/mol. The molecule has 1 heterocycles. The fraction of sp³-hybridized carbons (Fsp3) is 0.350. The Labute approximate surface area is 175 Å². The highest BCUT2D eigenvalue weighted by molar-refractivity contribution is 7.89. The fourth-order valence-electron chi connectivity index (χ4n) is 2.79. The Balaban J connectivity index is 1.75. The number of carbonyl (C=O) groups excluding carboxylic acids is 1. The normalized spacial score (nSPS) is 13.8. The highest BCUT2D eigenvalue weighted by Crippen LogP contribution is 2.30. The van der Waals surface area contributed by atoms with Crippen LogP contribution in [0.1, 0.15) is 36.7 Å². The van der Waals surface area contributed by atoms with Gasteiger partial charge in [-0.3, -0.25) is 4.79 Å². The van der Waals surface area contributed by atoms with Crippen LogP contribution in [0.25, 0.3) is 0 Å². The van der Waals surface area contributed by atoms with Crippen molar-refractivity contribution in [2.24, 2.45) is 0 Å². The molecule has 1 amide bonds. The minimum absolute atomic E-state index is 0.0464. The summed E-state index contributed by atoms with van der Waals surface area (Å²) in [4.78, 5) is 12.4. The maximum atomic E-state index is 12.6. The van der Waals surface area contributed by atoms with Gasteiger partial charge in [-0.25, -0.2) is 13.1 Å². The molecule has 7 nitrogen and oxygen atoms in total. The molecule has 0 unspecified atom stereocenters. The Morgan fingerprint density at radius 3 is 2.45 bits per heavy atom. The van der Waals surface area contributed by atoms with Crippen LogP contribution in [0.15, 0.2) is 41.3 Å². The first kappa shape index (κ1) is 21.4. The lowest BCUT2D eigenvalue weighted by molar-refractivity contribution is 0.0950. The molecule has 0 saturated carbocycles. The first-order valence-corrected chi connectivity index (χ1v) is 10.9. The first-order chi connectivity index (χ1) is 13.5. The van der Waals surface area contributed by atoms with Crippen molar-refractivity contribution in [2.45, 2.75) is 37.8 Å². The zero-order chi connectivity index (χ0) is 21.2. The molecule has 2 aromatic rings. The van der Waals surface area contributed by atoms with Gasteiger partial charge in [0, 0.05) is 17.6 Å². The number of fused-ring (bicyclic) bond motifs is 1. The van der Waals surface area contributed by atoms with E-state index in [-0.39, 0.29) is 22.0 Å². The summed E-state index contributed by atoms with van der Waals surface area (Å²) in [6.07, 6.45) is 0. The largest absolute Gasteiger partial charge is 0.486 e. The molecule has 0 saturated heterocycles. The average molecular weight is 439 g/mol. The minimum Gasteiger partial charge on any atom is -0.486 e. The highest BCUT2D eigenvalue weighted by Gasteiger charge is 2.25. The van der Waals surface area contributed by atoms with Crippen molar-refractivity contribution in [1.82, 2.24) is 10.0 Å². The Kier molecular flexibility index (Phi) is 6.07. The number of benzene rings is 2. The lowest BCUT2D eigenvalue weighted by Gasteiger charge is -2.21. The number of sulfonamides is 1. The summed E-state index contributed by atoms with van der Waals surface area (Å²) in [6.45, 7) is 6.41. The van der Waals surface area contributed by atoms with Crippen LogP contribution in [-0.2, 0) is 16.6 Å². The molecule has 0 spiro atoms. The van der Waals surface area contributed by atoms with Crippen LogP contribution in [0.2, 0.25) is 5.02 Å². The molecule has 0 atom stereocenters. The van der Waals surface area contributed by atoms with Gasteiger partial charge < -0.3 is 14.8 Å². The van der Waals surface area contributed by atoms with Crippen LogP contribution in [0, 0.1) is 0 Å². The minimum atomic E-state index is -3.87. The number of carbonyl (C=O) groups is 1. The highest BCUT2D eigenvalue weighted by atomic mass is 35.5. The number of ether oxygens (including phenoxy) is 2. The second-order valence-electron chi connectivity index (χ2n) is 7.66. The molecule has 156 valence electrons. The Bertz CT molecular complexity index is 1030. The molecule has 0 aliphatic carbocycles. The van der Waals surface area contributed by atoms with Crippen molar-refractivity contribution < 1.29 is 22.7 Å². The summed E-state index contributed by atoms with van der Waals surface area (Å²) >= 11 is 6.08. The van der Waals surface area contributed by atoms with Crippen LogP contribution in [-0.4, -0.2) is 33.1 Å². The van der Waals surface area contributed by atoms with Crippen molar-refractivity contribution in [3.63, 3.8) is 0 Å². The number of hydrogen-bond acceptors (Lipinski definition) is 5. The zero-order valence-electron chi connectivity index (χ0n) is 16.4. The maximum Gasteiger partial charge on any atom is 0.251 e. The number of nitrogens with one attached hydrogen (secondary N) is 2. The van der Waals surface area contributed by atoms with E-state index >= 15 is 0 Å². The van der Waals surface area contributed by atoms with E-state index in [2.05, 4.69) is 10.0 Å². The van der Waals surface area contributed by atoms with Crippen molar-refractivity contribution in [3.05, 3.63) is 52.5 Å². The molecule has 0 aromatic heterocycles. The molecule has 1 aliphatic heterocycles. The van der Waals surface area contributed by atoms with Gasteiger partial charge in [0.1, 0.15) is 18.1 Å². The van der Waals surface area contributed by atoms with Gasteiger partial charge in [-0.2, -0.15) is 0 Å². The maximum absolute atomic E-state index is 12.6. The molecule has 0 fully saturated rings. The van der Waals surface area contributed by atoms with Gasteiger partial charge >= 0.3 is 0 Å². The van der Waals surface area contributed by atoms with E-state index in [1.165, 1.54) is 18.2 Å². The summed E-state index contributed by atoms with van der Waals surface area (Å²) < 4.78 is 38.8. The smallest absolute Gasteiger partial charge is 0.251 e. The SMILES string of the molecule is CC(C)(C)NS(=O)(=O)c1cc(C(=O)NCc2ccc3c(c2)OCCO3)ccc1Cl. The quantitative estimate of drug-likeness (QED) is 0.748. The monoisotopic (exact) mass is 438 g/mol. The molecule has 2 aromatic carbocycles. The van der Waals surface area contributed by atoms with E-state index in [9.17, 15) is 13.2 Å². The summed E-state index contributed by atoms with van der Waals surface area (Å²) in [7, 11) is -3.87. The zero-order valence-corrected chi connectivity index (χ0v) is 18.0. The van der Waals surface area contributed by atoms with Crippen LogP contribution in [0.4, 0.5) is 0 Å². The van der Waals surface area contributed by atoms with E-state index in [1.807, 2.05) is 6.07 Å². The van der Waals surface area contributed by atoms with E-state index in [0.717, 1.165) is 5.56 Å². The summed E-state index contributed by atoms with van der Waals surface area (Å²) in [5.41, 5.74) is 0.346. The third-order valence-corrected chi connectivity index (χ3v) is 6.22. The number of rotatable bonds is 5. The van der Waals surface area contributed by atoms with Crippen LogP contribution < -0.4 is 19.5 Å². The summed E-state index contributed by atoms with van der Waals surface area (Å²) in [6, 6.07) is 9.59. The van der Waals surface area contributed by atoms with Crippen LogP contribution in [0.3, 0.4) is 0 Å². The number of hydrogen-bond donors (Lipinski definition) is 2. The van der Waals surface area contributed by atoms with Gasteiger partial charge in [0.25, 0.3) is 5.91 Å². The van der Waals surface area contributed by atoms with Gasteiger partial charge in [0.2, 0.25) is 10.0 Å². The Morgan fingerprint density at radius 2 is 1.76 bits per heavy atom. The molecule has 1 aliphatic rings. The average Bonchev–Trinajstić information content (AvgIpc) is 2.64. The van der Waals surface area contributed by atoms with Crippen LogP contribution in [0.5, 0.6) is 11.5 Å². The topological polar surface area (TPSA) is 93.7 Å². The molecule has 3 rings (SSSR count). The lowest BCUT2D eigenvalue weighted by Crippen LogP contribution is -2.40. The lowest BCUT2D eigenvalue weighted by atomic mass is 10.1. The van der Waals surface area contributed by atoms with Gasteiger partial charge in [0.15, 0.2) is 11.5 Å². The van der Waals surface area contributed by atoms with E-state index < -0.39 is 21.5 Å². The molecule has 29 heavy (non-hydrogen) atoms. The van der Waals surface area contributed by atoms with Crippen molar-refractivity contribution in [1.29, 1.82) is 0 Å². The summed E-state index contributed by atoms with van der Waals surface area (Å²) in [5.74, 6) is 0.894. The molecule has 0 bridgehead atoms.